The SMILES string of the molecule is COc1ccc(CN=C(NCCc2nc(C)c(C)s2)NCc2nnc(C)n2C)cc1. The van der Waals surface area contributed by atoms with Crippen LogP contribution in [0.25, 0.3) is 0 Å². The van der Waals surface area contributed by atoms with Crippen LogP contribution < -0.4 is 15.4 Å². The Morgan fingerprint density at radius 1 is 1.13 bits per heavy atom. The highest BCUT2D eigenvalue weighted by molar-refractivity contribution is 7.11. The molecule has 0 saturated carbocycles. The molecule has 0 amide bonds. The van der Waals surface area contributed by atoms with E-state index in [1.807, 2.05) is 42.8 Å². The minimum Gasteiger partial charge on any atom is -0.497 e. The fourth-order valence-electron chi connectivity index (χ4n) is 2.78. The van der Waals surface area contributed by atoms with Gasteiger partial charge in [0.05, 0.1) is 30.9 Å². The molecule has 3 rings (SSSR count). The van der Waals surface area contributed by atoms with E-state index in [-0.39, 0.29) is 0 Å². The number of guanidine groups is 1. The molecule has 0 unspecified atom stereocenters. The number of nitrogens with zero attached hydrogens (tertiary/aromatic N) is 5. The maximum Gasteiger partial charge on any atom is 0.191 e. The number of ether oxygens (including phenoxy) is 1. The van der Waals surface area contributed by atoms with E-state index in [4.69, 9.17) is 9.73 Å². The van der Waals surface area contributed by atoms with Crippen molar-refractivity contribution in [2.45, 2.75) is 40.3 Å². The lowest BCUT2D eigenvalue weighted by Gasteiger charge is -2.12. The first-order valence-corrected chi connectivity index (χ1v) is 10.7. The predicted octanol–water partition coefficient (Wildman–Crippen LogP) is 2.68. The molecule has 0 saturated heterocycles. The smallest absolute Gasteiger partial charge is 0.191 e. The largest absolute Gasteiger partial charge is 0.497 e. The zero-order valence-corrected chi connectivity index (χ0v) is 19.0. The molecule has 0 radical (unpaired) electrons. The van der Waals surface area contributed by atoms with E-state index in [0.29, 0.717) is 13.1 Å². The second-order valence-electron chi connectivity index (χ2n) is 7.01. The Morgan fingerprint density at radius 3 is 2.50 bits per heavy atom. The van der Waals surface area contributed by atoms with Gasteiger partial charge in [-0.3, -0.25) is 0 Å². The molecule has 160 valence electrons. The first kappa shape index (κ1) is 21.8. The van der Waals surface area contributed by atoms with Gasteiger partial charge in [0, 0.05) is 24.9 Å². The molecule has 2 N–H and O–H groups in total. The number of aryl methyl sites for hydroxylation is 3. The third-order valence-corrected chi connectivity index (χ3v) is 6.01. The summed E-state index contributed by atoms with van der Waals surface area (Å²) in [6.45, 7) is 7.95. The number of thiazole rings is 1. The zero-order valence-electron chi connectivity index (χ0n) is 18.2. The van der Waals surface area contributed by atoms with E-state index in [1.54, 1.807) is 18.4 Å². The molecule has 0 bridgehead atoms. The molecule has 2 aromatic heterocycles. The molecule has 1 aromatic carbocycles. The van der Waals surface area contributed by atoms with Crippen molar-refractivity contribution in [1.29, 1.82) is 0 Å². The lowest BCUT2D eigenvalue weighted by molar-refractivity contribution is 0.414. The van der Waals surface area contributed by atoms with Gasteiger partial charge in [0.15, 0.2) is 11.8 Å². The van der Waals surface area contributed by atoms with Crippen molar-refractivity contribution >= 4 is 17.3 Å². The fourth-order valence-corrected chi connectivity index (χ4v) is 3.71. The summed E-state index contributed by atoms with van der Waals surface area (Å²) in [5.74, 6) is 3.31. The summed E-state index contributed by atoms with van der Waals surface area (Å²) in [6.07, 6.45) is 0.853. The van der Waals surface area contributed by atoms with Gasteiger partial charge in [-0.1, -0.05) is 12.1 Å². The summed E-state index contributed by atoms with van der Waals surface area (Å²) >= 11 is 1.75. The van der Waals surface area contributed by atoms with Crippen molar-refractivity contribution in [3.05, 3.63) is 57.1 Å². The molecule has 0 fully saturated rings. The standard InChI is InChI=1S/C21H29N7OS/c1-14-15(2)30-20(25-14)10-11-22-21(24-13-19-27-26-16(3)28(19)4)23-12-17-6-8-18(29-5)9-7-17/h6-9H,10-13H2,1-5H3,(H2,22,23,24). The Labute approximate surface area is 181 Å². The molecule has 8 nitrogen and oxygen atoms in total. The lowest BCUT2D eigenvalue weighted by Crippen LogP contribution is -2.38. The van der Waals surface area contributed by atoms with Crippen molar-refractivity contribution in [3.63, 3.8) is 0 Å². The van der Waals surface area contributed by atoms with Crippen LogP contribution in [0.2, 0.25) is 0 Å². The number of aromatic nitrogens is 4. The molecule has 9 heteroatoms. The molecule has 0 aliphatic heterocycles. The van der Waals surface area contributed by atoms with Crippen LogP contribution in [0.3, 0.4) is 0 Å². The fraction of sp³-hybridized carbons (Fsp3) is 0.429. The second kappa shape index (κ2) is 10.2. The van der Waals surface area contributed by atoms with Crippen LogP contribution in [0.4, 0.5) is 0 Å². The van der Waals surface area contributed by atoms with E-state index < -0.39 is 0 Å². The van der Waals surface area contributed by atoms with Gasteiger partial charge in [0.2, 0.25) is 0 Å². The number of methoxy groups -OCH3 is 1. The van der Waals surface area contributed by atoms with E-state index in [1.165, 1.54) is 4.88 Å². The molecular weight excluding hydrogens is 398 g/mol. The van der Waals surface area contributed by atoms with Crippen LogP contribution in [0.1, 0.15) is 32.8 Å². The third-order valence-electron chi connectivity index (χ3n) is 4.88. The van der Waals surface area contributed by atoms with Gasteiger partial charge < -0.3 is 19.9 Å². The second-order valence-corrected chi connectivity index (χ2v) is 8.30. The van der Waals surface area contributed by atoms with Crippen LogP contribution in [0.15, 0.2) is 29.3 Å². The highest BCUT2D eigenvalue weighted by Crippen LogP contribution is 2.16. The molecule has 0 atom stereocenters. The topological polar surface area (TPSA) is 89.2 Å². The Hall–Kier alpha value is -2.94. The first-order valence-electron chi connectivity index (χ1n) is 9.89. The minimum atomic E-state index is 0.543. The monoisotopic (exact) mass is 427 g/mol. The average molecular weight is 428 g/mol. The number of nitrogens with one attached hydrogen (secondary N) is 2. The number of benzene rings is 1. The number of hydrogen-bond donors (Lipinski definition) is 2. The summed E-state index contributed by atoms with van der Waals surface area (Å²) in [5, 5.41) is 16.2. The van der Waals surface area contributed by atoms with Crippen LogP contribution >= 0.6 is 11.3 Å². The van der Waals surface area contributed by atoms with Crippen molar-refractivity contribution < 1.29 is 4.74 Å². The van der Waals surface area contributed by atoms with Crippen LogP contribution in [0.5, 0.6) is 5.75 Å². The van der Waals surface area contributed by atoms with Gasteiger partial charge >= 0.3 is 0 Å². The number of hydrogen-bond acceptors (Lipinski definition) is 6. The van der Waals surface area contributed by atoms with E-state index in [2.05, 4.69) is 39.7 Å². The zero-order chi connectivity index (χ0) is 21.5. The van der Waals surface area contributed by atoms with Gasteiger partial charge in [-0.15, -0.1) is 21.5 Å². The summed E-state index contributed by atoms with van der Waals surface area (Å²) in [4.78, 5) is 10.6. The van der Waals surface area contributed by atoms with Crippen LogP contribution in [-0.2, 0) is 26.6 Å². The Balaban J connectivity index is 1.63. The van der Waals surface area contributed by atoms with Gasteiger partial charge in [-0.2, -0.15) is 0 Å². The Kier molecular flexibility index (Phi) is 7.40. The number of rotatable bonds is 8. The molecule has 3 aromatic rings. The lowest BCUT2D eigenvalue weighted by atomic mass is 10.2. The van der Waals surface area contributed by atoms with Gasteiger partial charge in [0.1, 0.15) is 11.6 Å². The van der Waals surface area contributed by atoms with E-state index in [9.17, 15) is 0 Å². The third kappa shape index (κ3) is 5.79. The maximum atomic E-state index is 5.22. The molecule has 0 spiro atoms. The van der Waals surface area contributed by atoms with Crippen molar-refractivity contribution in [1.82, 2.24) is 30.4 Å². The normalized spacial score (nSPS) is 11.6. The van der Waals surface area contributed by atoms with Gasteiger partial charge in [-0.25, -0.2) is 9.98 Å². The summed E-state index contributed by atoms with van der Waals surface area (Å²) < 4.78 is 7.19. The minimum absolute atomic E-state index is 0.543. The van der Waals surface area contributed by atoms with E-state index >= 15 is 0 Å². The van der Waals surface area contributed by atoms with Crippen molar-refractivity contribution in [2.75, 3.05) is 13.7 Å². The summed E-state index contributed by atoms with van der Waals surface area (Å²) in [6, 6.07) is 7.93. The highest BCUT2D eigenvalue weighted by Gasteiger charge is 2.08. The van der Waals surface area contributed by atoms with Crippen molar-refractivity contribution in [2.24, 2.45) is 12.0 Å². The van der Waals surface area contributed by atoms with Gasteiger partial charge in [-0.05, 0) is 38.5 Å². The first-order chi connectivity index (χ1) is 14.5. The molecule has 0 aliphatic carbocycles. The van der Waals surface area contributed by atoms with E-state index in [0.717, 1.165) is 52.6 Å². The van der Waals surface area contributed by atoms with Gasteiger partial charge in [0.25, 0.3) is 0 Å². The average Bonchev–Trinajstić information content (AvgIpc) is 3.24. The quantitative estimate of drug-likeness (QED) is 0.424. The summed E-state index contributed by atoms with van der Waals surface area (Å²) in [5.41, 5.74) is 2.22. The Morgan fingerprint density at radius 2 is 1.90 bits per heavy atom. The molecule has 0 aliphatic rings. The Bertz CT molecular complexity index is 972. The maximum absolute atomic E-state index is 5.22. The molecule has 30 heavy (non-hydrogen) atoms. The summed E-state index contributed by atoms with van der Waals surface area (Å²) in [7, 11) is 3.62. The number of aliphatic imine (C=N–C) groups is 1. The van der Waals surface area contributed by atoms with Crippen molar-refractivity contribution in [3.8, 4) is 5.75 Å². The highest BCUT2D eigenvalue weighted by atomic mass is 32.1. The molecule has 2 heterocycles. The predicted molar refractivity (Wildman–Crippen MR) is 120 cm³/mol. The molecular formula is C21H29N7OS. The van der Waals surface area contributed by atoms with Crippen LogP contribution in [-0.4, -0.2) is 39.4 Å². The van der Waals surface area contributed by atoms with Crippen LogP contribution in [0, 0.1) is 20.8 Å².